The first-order valence-electron chi connectivity index (χ1n) is 36.6. The Balaban J connectivity index is -0.000000164. The molecular weight excluding hydrogens is 1060 g/mol. The summed E-state index contributed by atoms with van der Waals surface area (Å²) in [6.45, 7) is 92.1. The van der Waals surface area contributed by atoms with Crippen LogP contribution in [0.1, 0.15) is 419 Å². The first-order valence-corrected chi connectivity index (χ1v) is 36.6. The molecule has 3 fully saturated rings. The van der Waals surface area contributed by atoms with Gasteiger partial charge >= 0.3 is 0 Å². The van der Waals surface area contributed by atoms with Crippen molar-refractivity contribution in [2.24, 2.45) is 90.7 Å². The molecule has 0 unspecified atom stereocenters. The highest BCUT2D eigenvalue weighted by atomic mass is 19.2. The van der Waals surface area contributed by atoms with Crippen LogP contribution >= 0.6 is 0 Å². The standard InChI is InChI=1S/C16H33F.C10H22.C9H17F.C9H20.C7H13F.2C7H16.C6H11F.C6H14.C5H12/c1-10(2)14(11(3)4)16(9,17)15(12(5)6)13(7)8;1-7-10(6,8-2)9(3,4)5;1-8(2)4-6-9(3,10)7-5-8;1-6-8(7-2)9(3,4)5;1-7(8)5-3-2-4-6-7;1-6(2)7(3,4)5;1-5-6-7(2,3)4;1-6(7)4-2-3-5-6;1-5-6(2,3)4;1-5(2,3)4/h10-15H,1-9H3;7-8H2,1-6H3;4-7H2,1-3H3;8H,6-7H2,1-5H3;2-6H2,1H3;6H,1-5H3;5-6H2,1-4H3;2-5H2,1H3;5H2,1-4H3;1-4H3. The van der Waals surface area contributed by atoms with E-state index in [2.05, 4.69) is 263 Å². The molecule has 0 aliphatic heterocycles. The first kappa shape index (κ1) is 99.3. The molecule has 86 heavy (non-hydrogen) atoms. The van der Waals surface area contributed by atoms with Crippen LogP contribution in [0.15, 0.2) is 0 Å². The molecule has 0 saturated heterocycles. The van der Waals surface area contributed by atoms with Crippen LogP contribution < -0.4 is 0 Å². The second kappa shape index (κ2) is 44.3. The topological polar surface area (TPSA) is 0 Å². The summed E-state index contributed by atoms with van der Waals surface area (Å²) in [6.07, 6.45) is 21.4. The maximum absolute atomic E-state index is 15.4. The second-order valence-electron chi connectivity index (χ2n) is 38.5. The molecule has 0 aromatic heterocycles. The minimum atomic E-state index is -1.08. The summed E-state index contributed by atoms with van der Waals surface area (Å²) in [5.41, 5.74) is 0.409. The van der Waals surface area contributed by atoms with E-state index in [1.807, 2.05) is 6.92 Å². The van der Waals surface area contributed by atoms with Gasteiger partial charge in [-0.1, -0.05) is 334 Å². The van der Waals surface area contributed by atoms with Crippen LogP contribution in [0.25, 0.3) is 0 Å². The Kier molecular flexibility index (Phi) is 51.2. The molecule has 0 N–H and O–H groups in total. The van der Waals surface area contributed by atoms with Crippen LogP contribution in [-0.4, -0.2) is 22.7 Å². The van der Waals surface area contributed by atoms with Crippen molar-refractivity contribution in [2.75, 3.05) is 0 Å². The predicted octanol–water partition coefficient (Wildman–Crippen LogP) is 31.2. The van der Waals surface area contributed by atoms with Crippen LogP contribution in [0.2, 0.25) is 0 Å². The molecule has 0 heterocycles. The van der Waals surface area contributed by atoms with Crippen molar-refractivity contribution < 1.29 is 17.6 Å². The zero-order valence-corrected chi connectivity index (χ0v) is 68.3. The van der Waals surface area contributed by atoms with E-state index in [0.29, 0.717) is 67.0 Å². The summed E-state index contributed by atoms with van der Waals surface area (Å²) in [4.78, 5) is 0. The Hall–Kier alpha value is -0.280. The van der Waals surface area contributed by atoms with E-state index in [1.54, 1.807) is 20.8 Å². The van der Waals surface area contributed by atoms with Gasteiger partial charge < -0.3 is 0 Å². The third-order valence-corrected chi connectivity index (χ3v) is 19.7. The normalized spacial score (nSPS) is 17.7. The summed E-state index contributed by atoms with van der Waals surface area (Å²) in [5, 5.41) is 0. The van der Waals surface area contributed by atoms with Gasteiger partial charge in [0.05, 0.1) is 0 Å². The van der Waals surface area contributed by atoms with Gasteiger partial charge in [-0.05, 0) is 176 Å². The molecule has 530 valence electrons. The highest BCUT2D eigenvalue weighted by Crippen LogP contribution is 2.47. The monoisotopic (exact) mass is 1240 g/mol. The fourth-order valence-corrected chi connectivity index (χ4v) is 11.8. The summed E-state index contributed by atoms with van der Waals surface area (Å²) < 4.78 is 54.1. The molecule has 0 spiro atoms. The molecule has 0 radical (unpaired) electrons. The lowest BCUT2D eigenvalue weighted by Crippen LogP contribution is -2.47. The van der Waals surface area contributed by atoms with Crippen molar-refractivity contribution in [2.45, 2.75) is 442 Å². The SMILES string of the molecule is CC(C)(C)C.CC(C)C(C(C)C)C(C)(F)C(C(C)C)C(C)C.CC(C)C(C)(C)C.CC1(C)CCC(C)(F)CC1.CC1(F)CCCC1.CC1(F)CCCCC1.CCC(C)(C)C.CCC(C)(CC)C(C)(C)C.CCC(CC)C(C)(C)C.CCCC(C)(C)C. The number of halogens is 4. The van der Waals surface area contributed by atoms with E-state index in [9.17, 15) is 13.2 Å². The molecule has 0 amide bonds. The lowest BCUT2D eigenvalue weighted by molar-refractivity contribution is -0.0495. The van der Waals surface area contributed by atoms with Crippen LogP contribution in [0.4, 0.5) is 17.6 Å². The number of alkyl halides is 4. The van der Waals surface area contributed by atoms with Gasteiger partial charge in [0.1, 0.15) is 22.7 Å². The lowest BCUT2D eigenvalue weighted by Gasteiger charge is -2.45. The third kappa shape index (κ3) is 58.8. The van der Waals surface area contributed by atoms with Gasteiger partial charge in [0.15, 0.2) is 0 Å². The number of hydrogen-bond acceptors (Lipinski definition) is 0. The van der Waals surface area contributed by atoms with E-state index in [-0.39, 0.29) is 11.8 Å². The number of hydrogen-bond donors (Lipinski definition) is 0. The average molecular weight is 1240 g/mol. The van der Waals surface area contributed by atoms with Crippen molar-refractivity contribution in [1.29, 1.82) is 0 Å². The molecule has 4 heteroatoms. The van der Waals surface area contributed by atoms with Crippen molar-refractivity contribution in [1.82, 2.24) is 0 Å². The third-order valence-electron chi connectivity index (χ3n) is 19.7. The fourth-order valence-electron chi connectivity index (χ4n) is 11.8. The van der Waals surface area contributed by atoms with Crippen molar-refractivity contribution in [3.63, 3.8) is 0 Å². The van der Waals surface area contributed by atoms with Gasteiger partial charge in [-0.15, -0.1) is 0 Å². The highest BCUT2D eigenvalue weighted by molar-refractivity contribution is 4.95. The predicted molar refractivity (Wildman–Crippen MR) is 393 cm³/mol. The van der Waals surface area contributed by atoms with Gasteiger partial charge in [-0.2, -0.15) is 0 Å². The zero-order chi connectivity index (χ0) is 70.8. The molecule has 0 aromatic rings. The summed E-state index contributed by atoms with van der Waals surface area (Å²) in [5.74, 6) is 3.55. The summed E-state index contributed by atoms with van der Waals surface area (Å²) in [7, 11) is 0. The van der Waals surface area contributed by atoms with Crippen LogP contribution in [0.3, 0.4) is 0 Å². The minimum absolute atomic E-state index is 0.136. The lowest BCUT2D eigenvalue weighted by atomic mass is 9.63. The molecular formula is C82H174F4. The van der Waals surface area contributed by atoms with Gasteiger partial charge in [0.25, 0.3) is 0 Å². The highest BCUT2D eigenvalue weighted by Gasteiger charge is 2.47. The van der Waals surface area contributed by atoms with E-state index in [1.165, 1.54) is 51.4 Å². The largest absolute Gasteiger partial charge is 0.244 e. The Morgan fingerprint density at radius 1 is 0.360 bits per heavy atom. The van der Waals surface area contributed by atoms with Gasteiger partial charge in [-0.3, -0.25) is 0 Å². The molecule has 0 nitrogen and oxygen atoms in total. The molecule has 0 atom stereocenters. The summed E-state index contributed by atoms with van der Waals surface area (Å²) in [6, 6.07) is 0. The molecule has 3 aliphatic carbocycles. The summed E-state index contributed by atoms with van der Waals surface area (Å²) >= 11 is 0. The van der Waals surface area contributed by atoms with Gasteiger partial charge in [0, 0.05) is 0 Å². The molecule has 3 saturated carbocycles. The van der Waals surface area contributed by atoms with Crippen LogP contribution in [0, 0.1) is 90.7 Å². The second-order valence-corrected chi connectivity index (χ2v) is 38.5. The Morgan fingerprint density at radius 2 is 0.605 bits per heavy atom. The Labute approximate surface area is 547 Å². The van der Waals surface area contributed by atoms with Gasteiger partial charge in [-0.25, -0.2) is 17.6 Å². The quantitative estimate of drug-likeness (QED) is 0.181. The van der Waals surface area contributed by atoms with Gasteiger partial charge in [0.2, 0.25) is 0 Å². The molecule has 3 rings (SSSR count). The van der Waals surface area contributed by atoms with Crippen LogP contribution in [0.5, 0.6) is 0 Å². The molecule has 3 aliphatic rings. The average Bonchev–Trinajstić information content (AvgIpc) is 3.69. The maximum atomic E-state index is 15.4. The zero-order valence-electron chi connectivity index (χ0n) is 68.3. The molecule has 0 aromatic carbocycles. The number of rotatable bonds is 11. The molecule has 0 bridgehead atoms. The van der Waals surface area contributed by atoms with E-state index in [0.717, 1.165) is 88.9 Å². The van der Waals surface area contributed by atoms with E-state index < -0.39 is 22.7 Å². The fraction of sp³-hybridized carbons (Fsp3) is 1.00. The Morgan fingerprint density at radius 3 is 0.698 bits per heavy atom. The Bertz CT molecular complexity index is 1430. The van der Waals surface area contributed by atoms with E-state index >= 15 is 4.39 Å². The van der Waals surface area contributed by atoms with E-state index in [4.69, 9.17) is 0 Å². The van der Waals surface area contributed by atoms with Crippen molar-refractivity contribution >= 4 is 0 Å². The minimum Gasteiger partial charge on any atom is -0.244 e. The first-order chi connectivity index (χ1) is 37.8. The van der Waals surface area contributed by atoms with Crippen molar-refractivity contribution in [3.8, 4) is 0 Å². The smallest absolute Gasteiger partial charge is 0.114 e. The van der Waals surface area contributed by atoms with Crippen LogP contribution in [-0.2, 0) is 0 Å². The maximum Gasteiger partial charge on any atom is 0.114 e. The van der Waals surface area contributed by atoms with Crippen molar-refractivity contribution in [3.05, 3.63) is 0 Å².